The summed E-state index contributed by atoms with van der Waals surface area (Å²) in [6.07, 6.45) is 0. The van der Waals surface area contributed by atoms with Crippen molar-refractivity contribution in [3.63, 3.8) is 0 Å². The van der Waals surface area contributed by atoms with Crippen molar-refractivity contribution in [1.29, 1.82) is 0 Å². The van der Waals surface area contributed by atoms with Crippen LogP contribution in [0.3, 0.4) is 0 Å². The zero-order valence-electron chi connectivity index (χ0n) is 9.82. The summed E-state index contributed by atoms with van der Waals surface area (Å²) in [4.78, 5) is 0. The zero-order valence-corrected chi connectivity index (χ0v) is 9.82. The van der Waals surface area contributed by atoms with E-state index in [1.165, 1.54) is 5.56 Å². The van der Waals surface area contributed by atoms with E-state index < -0.39 is 0 Å². The maximum absolute atomic E-state index is 5.57. The van der Waals surface area contributed by atoms with Crippen LogP contribution in [0, 0.1) is 0 Å². The van der Waals surface area contributed by atoms with Crippen molar-refractivity contribution in [3.05, 3.63) is 35.9 Å². The summed E-state index contributed by atoms with van der Waals surface area (Å²) in [6, 6.07) is 10.4. The molecule has 0 aliphatic carbocycles. The average Bonchev–Trinajstić information content (AvgIpc) is 2.26. The van der Waals surface area contributed by atoms with Gasteiger partial charge in [0.05, 0.1) is 19.8 Å². The molecule has 1 aromatic rings. The van der Waals surface area contributed by atoms with Gasteiger partial charge in [0.2, 0.25) is 0 Å². The molecule has 0 fully saturated rings. The molecule has 0 heterocycles. The molecule has 2 heteroatoms. The molecule has 0 saturated carbocycles. The van der Waals surface area contributed by atoms with Gasteiger partial charge in [0.1, 0.15) is 0 Å². The topological polar surface area (TPSA) is 18.5 Å². The summed E-state index contributed by atoms with van der Waals surface area (Å²) in [5.74, 6) is 0. The van der Waals surface area contributed by atoms with Crippen LogP contribution in [-0.4, -0.2) is 26.9 Å². The van der Waals surface area contributed by atoms with Crippen molar-refractivity contribution < 1.29 is 9.47 Å². The maximum Gasteiger partial charge on any atom is 0.0700 e. The van der Waals surface area contributed by atoms with Gasteiger partial charge in [-0.05, 0) is 5.56 Å². The minimum Gasteiger partial charge on any atom is -0.382 e. The Bertz CT molecular complexity index is 267. The Morgan fingerprint density at radius 2 is 1.73 bits per heavy atom. The molecule has 1 rings (SSSR count). The molecule has 0 N–H and O–H groups in total. The lowest BCUT2D eigenvalue weighted by Crippen LogP contribution is -2.25. The molecule has 0 unspecified atom stereocenters. The number of hydrogen-bond donors (Lipinski definition) is 0. The molecule has 0 radical (unpaired) electrons. The number of ether oxygens (including phenoxy) is 2. The molecule has 0 aliphatic rings. The second kappa shape index (κ2) is 5.89. The minimum absolute atomic E-state index is 0.0645. The summed E-state index contributed by atoms with van der Waals surface area (Å²) < 4.78 is 10.5. The lowest BCUT2D eigenvalue weighted by molar-refractivity contribution is 0.0485. The van der Waals surface area contributed by atoms with Crippen LogP contribution in [0.15, 0.2) is 30.3 Å². The molecule has 15 heavy (non-hydrogen) atoms. The summed E-state index contributed by atoms with van der Waals surface area (Å²) in [7, 11) is 1.69. The van der Waals surface area contributed by atoms with E-state index in [9.17, 15) is 0 Å². The fourth-order valence-electron chi connectivity index (χ4n) is 1.44. The molecule has 0 atom stereocenters. The Morgan fingerprint density at radius 1 is 1.07 bits per heavy atom. The Kier molecular flexibility index (Phi) is 4.79. The van der Waals surface area contributed by atoms with Crippen LogP contribution in [0.1, 0.15) is 19.4 Å². The number of methoxy groups -OCH3 is 1. The van der Waals surface area contributed by atoms with E-state index in [2.05, 4.69) is 38.1 Å². The van der Waals surface area contributed by atoms with E-state index >= 15 is 0 Å². The van der Waals surface area contributed by atoms with Crippen LogP contribution >= 0.6 is 0 Å². The highest BCUT2D eigenvalue weighted by Crippen LogP contribution is 2.22. The Labute approximate surface area is 92.2 Å². The molecule has 0 aliphatic heterocycles. The highest BCUT2D eigenvalue weighted by atomic mass is 16.5. The third kappa shape index (κ3) is 4.02. The van der Waals surface area contributed by atoms with E-state index in [4.69, 9.17) is 9.47 Å². The fraction of sp³-hybridized carbons (Fsp3) is 0.538. The van der Waals surface area contributed by atoms with Gasteiger partial charge < -0.3 is 9.47 Å². The van der Waals surface area contributed by atoms with E-state index in [0.717, 1.165) is 6.61 Å². The van der Waals surface area contributed by atoms with Gasteiger partial charge in [0, 0.05) is 12.5 Å². The first kappa shape index (κ1) is 12.2. The second-order valence-corrected chi connectivity index (χ2v) is 4.30. The molecular formula is C13H20O2. The number of hydrogen-bond acceptors (Lipinski definition) is 2. The van der Waals surface area contributed by atoms with E-state index in [-0.39, 0.29) is 5.41 Å². The Hall–Kier alpha value is -0.860. The molecule has 0 bridgehead atoms. The van der Waals surface area contributed by atoms with Crippen LogP contribution in [0.5, 0.6) is 0 Å². The summed E-state index contributed by atoms with van der Waals surface area (Å²) >= 11 is 0. The van der Waals surface area contributed by atoms with Gasteiger partial charge in [0.25, 0.3) is 0 Å². The first-order valence-electron chi connectivity index (χ1n) is 5.29. The average molecular weight is 208 g/mol. The fourth-order valence-corrected chi connectivity index (χ4v) is 1.44. The molecule has 0 spiro atoms. The van der Waals surface area contributed by atoms with Gasteiger partial charge in [-0.1, -0.05) is 44.2 Å². The SMILES string of the molecule is COCCOCC(C)(C)c1ccccc1. The van der Waals surface area contributed by atoms with Crippen molar-refractivity contribution in [2.45, 2.75) is 19.3 Å². The third-order valence-electron chi connectivity index (χ3n) is 2.45. The normalized spacial score (nSPS) is 11.7. The minimum atomic E-state index is 0.0645. The summed E-state index contributed by atoms with van der Waals surface area (Å²) in [5.41, 5.74) is 1.37. The van der Waals surface area contributed by atoms with Gasteiger partial charge in [-0.3, -0.25) is 0 Å². The van der Waals surface area contributed by atoms with Crippen LogP contribution in [-0.2, 0) is 14.9 Å². The standard InChI is InChI=1S/C13H20O2/c1-13(2,11-15-10-9-14-3)12-7-5-4-6-8-12/h4-8H,9-11H2,1-3H3. The smallest absolute Gasteiger partial charge is 0.0700 e. The molecule has 1 aromatic carbocycles. The number of benzene rings is 1. The van der Waals surface area contributed by atoms with E-state index in [1.807, 2.05) is 6.07 Å². The summed E-state index contributed by atoms with van der Waals surface area (Å²) in [5, 5.41) is 0. The highest BCUT2D eigenvalue weighted by molar-refractivity contribution is 5.23. The van der Waals surface area contributed by atoms with Crippen LogP contribution in [0.2, 0.25) is 0 Å². The molecule has 0 aromatic heterocycles. The Morgan fingerprint density at radius 3 is 2.33 bits per heavy atom. The molecule has 0 saturated heterocycles. The zero-order chi connectivity index (χ0) is 11.1. The number of rotatable bonds is 6. The highest BCUT2D eigenvalue weighted by Gasteiger charge is 2.20. The lowest BCUT2D eigenvalue weighted by atomic mass is 9.86. The quantitative estimate of drug-likeness (QED) is 0.669. The van der Waals surface area contributed by atoms with Gasteiger partial charge in [-0.25, -0.2) is 0 Å². The first-order chi connectivity index (χ1) is 7.17. The van der Waals surface area contributed by atoms with Crippen LogP contribution in [0.4, 0.5) is 0 Å². The van der Waals surface area contributed by atoms with E-state index in [1.54, 1.807) is 7.11 Å². The monoisotopic (exact) mass is 208 g/mol. The molecule has 84 valence electrons. The predicted octanol–water partition coefficient (Wildman–Crippen LogP) is 2.63. The van der Waals surface area contributed by atoms with E-state index in [0.29, 0.717) is 13.2 Å². The van der Waals surface area contributed by atoms with Gasteiger partial charge >= 0.3 is 0 Å². The second-order valence-electron chi connectivity index (χ2n) is 4.30. The summed E-state index contributed by atoms with van der Waals surface area (Å²) in [6.45, 7) is 6.42. The third-order valence-corrected chi connectivity index (χ3v) is 2.45. The van der Waals surface area contributed by atoms with Crippen LogP contribution in [0.25, 0.3) is 0 Å². The largest absolute Gasteiger partial charge is 0.382 e. The molecular weight excluding hydrogens is 188 g/mol. The first-order valence-corrected chi connectivity index (χ1v) is 5.29. The lowest BCUT2D eigenvalue weighted by Gasteiger charge is -2.24. The van der Waals surface area contributed by atoms with Crippen molar-refractivity contribution in [1.82, 2.24) is 0 Å². The maximum atomic E-state index is 5.57. The van der Waals surface area contributed by atoms with Gasteiger partial charge in [-0.2, -0.15) is 0 Å². The molecule has 2 nitrogen and oxygen atoms in total. The van der Waals surface area contributed by atoms with Crippen molar-refractivity contribution >= 4 is 0 Å². The van der Waals surface area contributed by atoms with Crippen molar-refractivity contribution in [2.75, 3.05) is 26.9 Å². The van der Waals surface area contributed by atoms with Crippen molar-refractivity contribution in [2.24, 2.45) is 0 Å². The van der Waals surface area contributed by atoms with Crippen molar-refractivity contribution in [3.8, 4) is 0 Å². The molecule has 0 amide bonds. The predicted molar refractivity (Wildman–Crippen MR) is 62.2 cm³/mol. The Balaban J connectivity index is 2.45. The van der Waals surface area contributed by atoms with Crippen LogP contribution < -0.4 is 0 Å². The van der Waals surface area contributed by atoms with Gasteiger partial charge in [0.15, 0.2) is 0 Å². The van der Waals surface area contributed by atoms with Gasteiger partial charge in [-0.15, -0.1) is 0 Å².